The molecule has 3 nitrogen and oxygen atoms in total. The first-order valence-electron chi connectivity index (χ1n) is 4.66. The Hall–Kier alpha value is -1.90. The van der Waals surface area contributed by atoms with Crippen LogP contribution in [-0.4, -0.2) is 15.8 Å². The predicted molar refractivity (Wildman–Crippen MR) is 64.7 cm³/mol. The van der Waals surface area contributed by atoms with Gasteiger partial charge >= 0.3 is 0 Å². The summed E-state index contributed by atoms with van der Waals surface area (Å²) >= 11 is 0. The summed E-state index contributed by atoms with van der Waals surface area (Å²) in [6.07, 6.45) is 8.94. The van der Waals surface area contributed by atoms with Crippen molar-refractivity contribution in [2.24, 2.45) is 4.99 Å². The third kappa shape index (κ3) is 3.38. The van der Waals surface area contributed by atoms with E-state index in [-0.39, 0.29) is 0 Å². The highest BCUT2D eigenvalue weighted by atomic mass is 15.1. The molecule has 0 aliphatic rings. The molecule has 0 N–H and O–H groups in total. The van der Waals surface area contributed by atoms with E-state index >= 15 is 0 Å². The normalized spacial score (nSPS) is 12.0. The summed E-state index contributed by atoms with van der Waals surface area (Å²) in [5.41, 5.74) is 1.98. The number of rotatable bonds is 4. The monoisotopic (exact) mass is 201 g/mol. The van der Waals surface area contributed by atoms with Gasteiger partial charge < -0.3 is 0 Å². The molecule has 3 heteroatoms. The van der Waals surface area contributed by atoms with Crippen LogP contribution in [0.15, 0.2) is 48.4 Å². The molecule has 1 aromatic rings. The van der Waals surface area contributed by atoms with E-state index < -0.39 is 0 Å². The van der Waals surface area contributed by atoms with Crippen molar-refractivity contribution in [1.82, 2.24) is 9.55 Å². The van der Waals surface area contributed by atoms with Crippen LogP contribution in [0.1, 0.15) is 12.6 Å². The quantitative estimate of drug-likeness (QED) is 0.544. The minimum atomic E-state index is 0.646. The smallest absolute Gasteiger partial charge is 0.130 e. The molecule has 1 aromatic heterocycles. The van der Waals surface area contributed by atoms with Gasteiger partial charge in [-0.1, -0.05) is 25.3 Å². The second kappa shape index (κ2) is 5.10. The van der Waals surface area contributed by atoms with Crippen LogP contribution in [0.3, 0.4) is 0 Å². The zero-order valence-corrected chi connectivity index (χ0v) is 9.14. The number of hydrogen-bond donors (Lipinski definition) is 0. The Morgan fingerprint density at radius 1 is 1.60 bits per heavy atom. The van der Waals surface area contributed by atoms with Crippen molar-refractivity contribution >= 4 is 12.0 Å². The molecule has 1 rings (SSSR count). The molecule has 0 spiro atoms. The van der Waals surface area contributed by atoms with Crippen molar-refractivity contribution in [2.75, 3.05) is 0 Å². The Balaban J connectivity index is 2.72. The molecule has 78 valence electrons. The largest absolute Gasteiger partial charge is 0.291 e. The highest BCUT2D eigenvalue weighted by Crippen LogP contribution is 2.04. The Morgan fingerprint density at radius 2 is 2.33 bits per heavy atom. The molecule has 0 saturated heterocycles. The van der Waals surface area contributed by atoms with Gasteiger partial charge in [-0.05, 0) is 19.4 Å². The SMILES string of the molecule is C=CC=C(C)C=NC(=C)n1cnc(C)c1. The predicted octanol–water partition coefficient (Wildman–Crippen LogP) is 2.82. The number of aliphatic imine (C=N–C) groups is 1. The maximum absolute atomic E-state index is 4.21. The van der Waals surface area contributed by atoms with Gasteiger partial charge in [-0.25, -0.2) is 9.98 Å². The van der Waals surface area contributed by atoms with Crippen LogP contribution in [0.5, 0.6) is 0 Å². The fourth-order valence-electron chi connectivity index (χ4n) is 1.03. The fraction of sp³-hybridized carbons (Fsp3) is 0.167. The summed E-state index contributed by atoms with van der Waals surface area (Å²) in [4.78, 5) is 8.31. The summed E-state index contributed by atoms with van der Waals surface area (Å²) in [5, 5.41) is 0. The van der Waals surface area contributed by atoms with E-state index in [9.17, 15) is 0 Å². The number of allylic oxidation sites excluding steroid dienone is 3. The molecule has 0 atom stereocenters. The number of hydrogen-bond acceptors (Lipinski definition) is 2. The summed E-state index contributed by atoms with van der Waals surface area (Å²) in [6, 6.07) is 0. The molecule has 1 heterocycles. The van der Waals surface area contributed by atoms with Crippen LogP contribution >= 0.6 is 0 Å². The van der Waals surface area contributed by atoms with Crippen LogP contribution in [0.2, 0.25) is 0 Å². The summed E-state index contributed by atoms with van der Waals surface area (Å²) < 4.78 is 1.78. The van der Waals surface area contributed by atoms with Gasteiger partial charge in [0.1, 0.15) is 12.1 Å². The van der Waals surface area contributed by atoms with Gasteiger partial charge in [-0.2, -0.15) is 0 Å². The molecule has 15 heavy (non-hydrogen) atoms. The Labute approximate surface area is 90.2 Å². The molecule has 0 aliphatic carbocycles. The minimum Gasteiger partial charge on any atom is -0.291 e. The molecule has 0 aromatic carbocycles. The van der Waals surface area contributed by atoms with Gasteiger partial charge in [-0.15, -0.1) is 0 Å². The van der Waals surface area contributed by atoms with E-state index in [0.717, 1.165) is 11.3 Å². The average molecular weight is 201 g/mol. The van der Waals surface area contributed by atoms with Crippen LogP contribution in [0.25, 0.3) is 5.82 Å². The average Bonchev–Trinajstić information content (AvgIpc) is 2.62. The standard InChI is InChI=1S/C12H15N3/c1-5-6-10(2)7-13-12(4)15-8-11(3)14-9-15/h5-9H,1,4H2,2-3H3. The third-order valence-corrected chi connectivity index (χ3v) is 1.81. The van der Waals surface area contributed by atoms with E-state index in [2.05, 4.69) is 23.1 Å². The Kier molecular flexibility index (Phi) is 3.80. The molecule has 0 radical (unpaired) electrons. The van der Waals surface area contributed by atoms with Crippen molar-refractivity contribution in [3.8, 4) is 0 Å². The topological polar surface area (TPSA) is 30.2 Å². The van der Waals surface area contributed by atoms with Gasteiger partial charge in [0.25, 0.3) is 0 Å². The second-order valence-corrected chi connectivity index (χ2v) is 3.24. The first-order chi connectivity index (χ1) is 7.13. The first-order valence-corrected chi connectivity index (χ1v) is 4.66. The third-order valence-electron chi connectivity index (χ3n) is 1.81. The van der Waals surface area contributed by atoms with Crippen molar-refractivity contribution in [2.45, 2.75) is 13.8 Å². The maximum Gasteiger partial charge on any atom is 0.130 e. The Bertz CT molecular complexity index is 422. The van der Waals surface area contributed by atoms with Crippen LogP contribution in [-0.2, 0) is 0 Å². The molecule has 0 bridgehead atoms. The molecule has 0 saturated carbocycles. The molecule has 0 amide bonds. The van der Waals surface area contributed by atoms with Gasteiger partial charge in [0.2, 0.25) is 0 Å². The summed E-state index contributed by atoms with van der Waals surface area (Å²) in [5.74, 6) is 0.646. The van der Waals surface area contributed by atoms with Gasteiger partial charge in [0.15, 0.2) is 0 Å². The lowest BCUT2D eigenvalue weighted by Crippen LogP contribution is -1.89. The van der Waals surface area contributed by atoms with Gasteiger partial charge in [-0.3, -0.25) is 4.57 Å². The number of imidazole rings is 1. The maximum atomic E-state index is 4.21. The van der Waals surface area contributed by atoms with Gasteiger partial charge in [0, 0.05) is 12.4 Å². The molecule has 0 aliphatic heterocycles. The van der Waals surface area contributed by atoms with E-state index in [1.165, 1.54) is 0 Å². The number of nitrogens with zero attached hydrogens (tertiary/aromatic N) is 3. The van der Waals surface area contributed by atoms with Gasteiger partial charge in [0.05, 0.1) is 5.69 Å². The van der Waals surface area contributed by atoms with Crippen molar-refractivity contribution in [3.05, 3.63) is 49.1 Å². The lowest BCUT2D eigenvalue weighted by molar-refractivity contribution is 1.07. The van der Waals surface area contributed by atoms with Crippen molar-refractivity contribution in [1.29, 1.82) is 0 Å². The van der Waals surface area contributed by atoms with Crippen LogP contribution in [0.4, 0.5) is 0 Å². The Morgan fingerprint density at radius 3 is 2.87 bits per heavy atom. The number of aromatic nitrogens is 2. The van der Waals surface area contributed by atoms with Crippen molar-refractivity contribution < 1.29 is 0 Å². The zero-order chi connectivity index (χ0) is 11.3. The molecule has 0 fully saturated rings. The van der Waals surface area contributed by atoms with E-state index in [1.807, 2.05) is 26.1 Å². The van der Waals surface area contributed by atoms with Crippen molar-refractivity contribution in [3.63, 3.8) is 0 Å². The lowest BCUT2D eigenvalue weighted by Gasteiger charge is -1.98. The second-order valence-electron chi connectivity index (χ2n) is 3.24. The van der Waals surface area contributed by atoms with Crippen LogP contribution < -0.4 is 0 Å². The highest BCUT2D eigenvalue weighted by Gasteiger charge is 1.95. The summed E-state index contributed by atoms with van der Waals surface area (Å²) in [6.45, 7) is 11.3. The van der Waals surface area contributed by atoms with Crippen LogP contribution in [0, 0.1) is 6.92 Å². The lowest BCUT2D eigenvalue weighted by atomic mass is 10.3. The summed E-state index contributed by atoms with van der Waals surface area (Å²) in [7, 11) is 0. The molecular weight excluding hydrogens is 186 g/mol. The van der Waals surface area contributed by atoms with E-state index in [1.54, 1.807) is 23.2 Å². The molecule has 0 unspecified atom stereocenters. The fourth-order valence-corrected chi connectivity index (χ4v) is 1.03. The first kappa shape index (κ1) is 11.2. The minimum absolute atomic E-state index is 0.646. The zero-order valence-electron chi connectivity index (χ0n) is 9.14. The van der Waals surface area contributed by atoms with E-state index in [4.69, 9.17) is 0 Å². The van der Waals surface area contributed by atoms with E-state index in [0.29, 0.717) is 5.82 Å². The molecular formula is C12H15N3. The number of aryl methyl sites for hydroxylation is 1. The highest BCUT2D eigenvalue weighted by molar-refractivity contribution is 5.81.